The van der Waals surface area contributed by atoms with Crippen molar-refractivity contribution in [2.75, 3.05) is 5.33 Å². The van der Waals surface area contributed by atoms with E-state index < -0.39 is 0 Å². The van der Waals surface area contributed by atoms with Crippen LogP contribution in [0.15, 0.2) is 24.3 Å². The van der Waals surface area contributed by atoms with Gasteiger partial charge >= 0.3 is 0 Å². The summed E-state index contributed by atoms with van der Waals surface area (Å²) in [6.45, 7) is 6.85. The van der Waals surface area contributed by atoms with E-state index in [1.54, 1.807) is 0 Å². The summed E-state index contributed by atoms with van der Waals surface area (Å²) in [7, 11) is 0. The van der Waals surface area contributed by atoms with E-state index >= 15 is 0 Å². The number of rotatable bonds is 4. The fraction of sp³-hybridized carbons (Fsp3) is 0.571. The molecule has 1 atom stereocenters. The zero-order valence-corrected chi connectivity index (χ0v) is 12.6. The van der Waals surface area contributed by atoms with Crippen LogP contribution in [0.3, 0.4) is 0 Å². The van der Waals surface area contributed by atoms with Gasteiger partial charge in [0.25, 0.3) is 0 Å². The van der Waals surface area contributed by atoms with Crippen molar-refractivity contribution >= 4 is 27.5 Å². The molecule has 0 N–H and O–H groups in total. The molecule has 0 spiro atoms. The van der Waals surface area contributed by atoms with E-state index in [9.17, 15) is 0 Å². The van der Waals surface area contributed by atoms with Crippen LogP contribution in [0.25, 0.3) is 0 Å². The Balaban J connectivity index is 2.72. The highest BCUT2D eigenvalue weighted by Crippen LogP contribution is 2.33. The maximum Gasteiger partial charge on any atom is 0.0441 e. The molecule has 0 aliphatic carbocycles. The van der Waals surface area contributed by atoms with E-state index in [0.29, 0.717) is 11.3 Å². The fourth-order valence-corrected chi connectivity index (χ4v) is 2.69. The predicted octanol–water partition coefficient (Wildman–Crippen LogP) is 5.64. The smallest absolute Gasteiger partial charge is 0.0441 e. The van der Waals surface area contributed by atoms with Gasteiger partial charge < -0.3 is 0 Å². The molecule has 0 aliphatic rings. The Kier molecular flexibility index (Phi) is 5.33. The van der Waals surface area contributed by atoms with E-state index in [4.69, 9.17) is 11.6 Å². The molecule has 1 unspecified atom stereocenters. The molecule has 90 valence electrons. The second kappa shape index (κ2) is 6.07. The monoisotopic (exact) mass is 302 g/mol. The van der Waals surface area contributed by atoms with Crippen molar-refractivity contribution in [3.05, 3.63) is 34.9 Å². The van der Waals surface area contributed by atoms with Crippen molar-refractivity contribution in [3.63, 3.8) is 0 Å². The molecule has 0 bridgehead atoms. The normalized spacial score (nSPS) is 13.8. The van der Waals surface area contributed by atoms with E-state index in [1.807, 2.05) is 12.1 Å². The molecule has 1 rings (SSSR count). The van der Waals surface area contributed by atoms with Crippen molar-refractivity contribution in [2.24, 2.45) is 5.41 Å². The molecular formula is C14H20BrCl. The third kappa shape index (κ3) is 4.47. The Labute approximate surface area is 113 Å². The van der Waals surface area contributed by atoms with Gasteiger partial charge in [-0.25, -0.2) is 0 Å². The van der Waals surface area contributed by atoms with Gasteiger partial charge in [0, 0.05) is 10.4 Å². The summed E-state index contributed by atoms with van der Waals surface area (Å²) >= 11 is 9.82. The van der Waals surface area contributed by atoms with Gasteiger partial charge in [-0.1, -0.05) is 66.5 Å². The third-order valence-corrected chi connectivity index (χ3v) is 3.90. The Morgan fingerprint density at radius 3 is 2.38 bits per heavy atom. The minimum atomic E-state index is 0.391. The SMILES string of the molecule is CC(C)(C)CCC(CBr)c1ccccc1Cl. The first-order valence-corrected chi connectivity index (χ1v) is 7.24. The standard InChI is InChI=1S/C14H20BrCl/c1-14(2,3)9-8-11(10-15)12-6-4-5-7-13(12)16/h4-7,11H,8-10H2,1-3H3. The second-order valence-corrected chi connectivity index (χ2v) is 6.53. The lowest BCUT2D eigenvalue weighted by Gasteiger charge is -2.22. The molecule has 0 amide bonds. The van der Waals surface area contributed by atoms with Gasteiger partial charge in [-0.3, -0.25) is 0 Å². The number of hydrogen-bond acceptors (Lipinski definition) is 0. The van der Waals surface area contributed by atoms with Crippen molar-refractivity contribution in [3.8, 4) is 0 Å². The Bertz CT molecular complexity index is 328. The Morgan fingerprint density at radius 1 is 1.25 bits per heavy atom. The van der Waals surface area contributed by atoms with Gasteiger partial charge in [0.15, 0.2) is 0 Å². The number of hydrogen-bond donors (Lipinski definition) is 0. The summed E-state index contributed by atoms with van der Waals surface area (Å²) in [6, 6.07) is 8.16. The molecule has 1 aromatic carbocycles. The average molecular weight is 304 g/mol. The van der Waals surface area contributed by atoms with Crippen molar-refractivity contribution < 1.29 is 0 Å². The lowest BCUT2D eigenvalue weighted by Crippen LogP contribution is -2.09. The molecule has 1 aromatic rings. The highest BCUT2D eigenvalue weighted by molar-refractivity contribution is 9.09. The summed E-state index contributed by atoms with van der Waals surface area (Å²) in [5, 5.41) is 1.87. The van der Waals surface area contributed by atoms with Crippen LogP contribution in [0.5, 0.6) is 0 Å². The molecule has 2 heteroatoms. The third-order valence-electron chi connectivity index (χ3n) is 2.77. The molecule has 0 saturated carbocycles. The zero-order valence-electron chi connectivity index (χ0n) is 10.3. The van der Waals surface area contributed by atoms with Crippen LogP contribution in [0.1, 0.15) is 45.1 Å². The van der Waals surface area contributed by atoms with E-state index in [1.165, 1.54) is 18.4 Å². The quantitative estimate of drug-likeness (QED) is 0.631. The Hall–Kier alpha value is -0.0100. The molecule has 0 aromatic heterocycles. The Morgan fingerprint density at radius 2 is 1.88 bits per heavy atom. The number of halogens is 2. The van der Waals surface area contributed by atoms with Gasteiger partial charge in [-0.15, -0.1) is 0 Å². The van der Waals surface area contributed by atoms with Crippen LogP contribution in [-0.4, -0.2) is 5.33 Å². The van der Waals surface area contributed by atoms with Crippen LogP contribution < -0.4 is 0 Å². The molecule has 0 aliphatic heterocycles. The highest BCUT2D eigenvalue weighted by atomic mass is 79.9. The van der Waals surface area contributed by atoms with Crippen molar-refractivity contribution in [1.29, 1.82) is 0 Å². The summed E-state index contributed by atoms with van der Waals surface area (Å²) in [6.07, 6.45) is 2.40. The molecule has 0 nitrogen and oxygen atoms in total. The molecule has 0 heterocycles. The summed E-state index contributed by atoms with van der Waals surface area (Å²) in [5.74, 6) is 0.521. The van der Waals surface area contributed by atoms with Gasteiger partial charge in [-0.2, -0.15) is 0 Å². The molecule has 0 saturated heterocycles. The van der Waals surface area contributed by atoms with E-state index in [0.717, 1.165) is 10.4 Å². The first-order valence-electron chi connectivity index (χ1n) is 5.74. The van der Waals surface area contributed by atoms with Gasteiger partial charge in [0.05, 0.1) is 0 Å². The lowest BCUT2D eigenvalue weighted by molar-refractivity contribution is 0.354. The highest BCUT2D eigenvalue weighted by Gasteiger charge is 2.17. The largest absolute Gasteiger partial charge is 0.0921 e. The van der Waals surface area contributed by atoms with Crippen LogP contribution in [0, 0.1) is 5.41 Å². The van der Waals surface area contributed by atoms with Crippen molar-refractivity contribution in [1.82, 2.24) is 0 Å². The maximum atomic E-state index is 6.23. The topological polar surface area (TPSA) is 0 Å². The van der Waals surface area contributed by atoms with Gasteiger partial charge in [0.1, 0.15) is 0 Å². The zero-order chi connectivity index (χ0) is 12.2. The number of alkyl halides is 1. The molecule has 16 heavy (non-hydrogen) atoms. The average Bonchev–Trinajstić information content (AvgIpc) is 2.20. The maximum absolute atomic E-state index is 6.23. The van der Waals surface area contributed by atoms with Crippen LogP contribution in [-0.2, 0) is 0 Å². The van der Waals surface area contributed by atoms with Gasteiger partial charge in [0.2, 0.25) is 0 Å². The summed E-state index contributed by atoms with van der Waals surface area (Å²) in [4.78, 5) is 0. The molecule has 0 radical (unpaired) electrons. The second-order valence-electron chi connectivity index (χ2n) is 5.47. The summed E-state index contributed by atoms with van der Waals surface area (Å²) < 4.78 is 0. The van der Waals surface area contributed by atoms with Crippen molar-refractivity contribution in [2.45, 2.75) is 39.5 Å². The molecule has 0 fully saturated rings. The first kappa shape index (κ1) is 14.1. The minimum absolute atomic E-state index is 0.391. The first-order chi connectivity index (χ1) is 7.44. The number of benzene rings is 1. The van der Waals surface area contributed by atoms with E-state index in [2.05, 4.69) is 48.8 Å². The minimum Gasteiger partial charge on any atom is -0.0921 e. The van der Waals surface area contributed by atoms with Gasteiger partial charge in [-0.05, 0) is 35.8 Å². The van der Waals surface area contributed by atoms with Crippen LogP contribution >= 0.6 is 27.5 Å². The fourth-order valence-electron chi connectivity index (χ4n) is 1.73. The summed E-state index contributed by atoms with van der Waals surface area (Å²) in [5.41, 5.74) is 1.66. The molecular weight excluding hydrogens is 284 g/mol. The lowest BCUT2D eigenvalue weighted by atomic mass is 9.85. The van der Waals surface area contributed by atoms with Crippen LogP contribution in [0.2, 0.25) is 5.02 Å². The predicted molar refractivity (Wildman–Crippen MR) is 76.7 cm³/mol. The van der Waals surface area contributed by atoms with E-state index in [-0.39, 0.29) is 0 Å². The van der Waals surface area contributed by atoms with Crippen LogP contribution in [0.4, 0.5) is 0 Å².